The van der Waals surface area contributed by atoms with Gasteiger partial charge in [-0.05, 0) is 69.7 Å². The lowest BCUT2D eigenvalue weighted by molar-refractivity contribution is -0.116. The second kappa shape index (κ2) is 9.17. The van der Waals surface area contributed by atoms with E-state index in [-0.39, 0.29) is 6.10 Å². The van der Waals surface area contributed by atoms with Gasteiger partial charge in [0.05, 0.1) is 25.2 Å². The Hall–Kier alpha value is -2.74. The number of benzene rings is 2. The third kappa shape index (κ3) is 5.87. The summed E-state index contributed by atoms with van der Waals surface area (Å²) in [4.78, 5) is 12.8. The van der Waals surface area contributed by atoms with Gasteiger partial charge in [-0.25, -0.2) is 8.42 Å². The van der Waals surface area contributed by atoms with Gasteiger partial charge < -0.3 is 14.8 Å². The summed E-state index contributed by atoms with van der Waals surface area (Å²) in [7, 11) is -2.29. The molecule has 1 amide bonds. The number of rotatable bonds is 8. The molecule has 0 radical (unpaired) electrons. The number of aryl methyl sites for hydroxylation is 1. The Balaban J connectivity index is 2.29. The Kier molecular flexibility index (Phi) is 7.13. The Morgan fingerprint density at radius 3 is 2.21 bits per heavy atom. The van der Waals surface area contributed by atoms with Crippen molar-refractivity contribution in [3.8, 4) is 11.5 Å². The van der Waals surface area contributed by atoms with Gasteiger partial charge in [0, 0.05) is 5.69 Å². The number of methoxy groups -OCH3 is 1. The van der Waals surface area contributed by atoms with Crippen molar-refractivity contribution in [2.24, 2.45) is 0 Å². The van der Waals surface area contributed by atoms with Crippen LogP contribution in [-0.2, 0) is 14.8 Å². The fraction of sp³-hybridized carbons (Fsp3) is 0.381. The minimum atomic E-state index is -3.75. The molecule has 2 rings (SSSR count). The fourth-order valence-electron chi connectivity index (χ4n) is 2.89. The van der Waals surface area contributed by atoms with Gasteiger partial charge in [-0.15, -0.1) is 0 Å². The van der Waals surface area contributed by atoms with Crippen LogP contribution in [0.1, 0.15) is 26.3 Å². The first-order valence-corrected chi connectivity index (χ1v) is 11.1. The van der Waals surface area contributed by atoms with E-state index in [1.807, 2.05) is 26.8 Å². The fourth-order valence-corrected chi connectivity index (χ4v) is 4.06. The maximum Gasteiger partial charge on any atom is 0.247 e. The van der Waals surface area contributed by atoms with Gasteiger partial charge in [-0.2, -0.15) is 0 Å². The van der Waals surface area contributed by atoms with Crippen LogP contribution >= 0.6 is 0 Å². The molecule has 7 nitrogen and oxygen atoms in total. The second-order valence-electron chi connectivity index (χ2n) is 7.09. The van der Waals surface area contributed by atoms with Crippen LogP contribution < -0.4 is 19.1 Å². The van der Waals surface area contributed by atoms with Crippen LogP contribution in [0, 0.1) is 6.92 Å². The van der Waals surface area contributed by atoms with Crippen molar-refractivity contribution in [1.29, 1.82) is 0 Å². The molecule has 0 saturated heterocycles. The first-order valence-electron chi connectivity index (χ1n) is 9.24. The van der Waals surface area contributed by atoms with Crippen molar-refractivity contribution in [3.05, 3.63) is 48.0 Å². The smallest absolute Gasteiger partial charge is 0.247 e. The zero-order valence-corrected chi connectivity index (χ0v) is 18.4. The maximum atomic E-state index is 12.8. The molecular weight excluding hydrogens is 392 g/mol. The number of carbonyl (C=O) groups excluding carboxylic acids is 1. The average Bonchev–Trinajstić information content (AvgIpc) is 2.62. The predicted molar refractivity (Wildman–Crippen MR) is 115 cm³/mol. The highest BCUT2D eigenvalue weighted by atomic mass is 32.2. The lowest BCUT2D eigenvalue weighted by atomic mass is 10.2. The van der Waals surface area contributed by atoms with E-state index in [1.54, 1.807) is 36.4 Å². The summed E-state index contributed by atoms with van der Waals surface area (Å²) in [5, 5.41) is 2.76. The molecule has 0 aromatic heterocycles. The van der Waals surface area contributed by atoms with E-state index in [4.69, 9.17) is 9.47 Å². The van der Waals surface area contributed by atoms with Gasteiger partial charge in [-0.1, -0.05) is 6.07 Å². The number of ether oxygens (including phenoxy) is 2. The molecule has 0 aliphatic carbocycles. The van der Waals surface area contributed by atoms with Crippen LogP contribution in [0.25, 0.3) is 0 Å². The van der Waals surface area contributed by atoms with E-state index in [1.165, 1.54) is 14.0 Å². The van der Waals surface area contributed by atoms with Crippen LogP contribution in [-0.4, -0.2) is 39.8 Å². The summed E-state index contributed by atoms with van der Waals surface area (Å²) in [6, 6.07) is 11.1. The highest BCUT2D eigenvalue weighted by molar-refractivity contribution is 7.92. The first kappa shape index (κ1) is 22.5. The van der Waals surface area contributed by atoms with Gasteiger partial charge in [0.15, 0.2) is 0 Å². The number of anilines is 2. The molecule has 0 unspecified atom stereocenters. The lowest BCUT2D eigenvalue weighted by Crippen LogP contribution is -2.45. The van der Waals surface area contributed by atoms with Gasteiger partial charge in [0.25, 0.3) is 0 Å². The van der Waals surface area contributed by atoms with E-state index in [2.05, 4.69) is 5.32 Å². The molecule has 0 spiro atoms. The van der Waals surface area contributed by atoms with Crippen molar-refractivity contribution in [2.75, 3.05) is 23.0 Å². The highest BCUT2D eigenvalue weighted by Gasteiger charge is 2.31. The molecule has 0 saturated carbocycles. The molecule has 0 heterocycles. The van der Waals surface area contributed by atoms with Crippen molar-refractivity contribution in [1.82, 2.24) is 0 Å². The van der Waals surface area contributed by atoms with Crippen LogP contribution in [0.5, 0.6) is 11.5 Å². The van der Waals surface area contributed by atoms with E-state index in [9.17, 15) is 13.2 Å². The van der Waals surface area contributed by atoms with Crippen molar-refractivity contribution < 1.29 is 22.7 Å². The Morgan fingerprint density at radius 1 is 1.07 bits per heavy atom. The quantitative estimate of drug-likeness (QED) is 0.706. The Bertz CT molecular complexity index is 956. The second-order valence-corrected chi connectivity index (χ2v) is 8.95. The molecular formula is C21H28N2O5S. The number of nitrogens with one attached hydrogen (secondary N) is 1. The van der Waals surface area contributed by atoms with Crippen LogP contribution in [0.4, 0.5) is 11.4 Å². The monoisotopic (exact) mass is 420 g/mol. The van der Waals surface area contributed by atoms with Crippen molar-refractivity contribution in [2.45, 2.75) is 39.8 Å². The summed E-state index contributed by atoms with van der Waals surface area (Å²) in [5.74, 6) is 0.598. The third-order valence-corrected chi connectivity index (χ3v) is 5.38. The van der Waals surface area contributed by atoms with Gasteiger partial charge >= 0.3 is 0 Å². The third-order valence-electron chi connectivity index (χ3n) is 4.15. The van der Waals surface area contributed by atoms with Gasteiger partial charge in [0.1, 0.15) is 17.5 Å². The largest absolute Gasteiger partial charge is 0.495 e. The lowest BCUT2D eigenvalue weighted by Gasteiger charge is -2.29. The summed E-state index contributed by atoms with van der Waals surface area (Å²) >= 11 is 0. The van der Waals surface area contributed by atoms with E-state index in [0.29, 0.717) is 22.9 Å². The molecule has 0 aliphatic rings. The van der Waals surface area contributed by atoms with Crippen LogP contribution in [0.3, 0.4) is 0 Å². The topological polar surface area (TPSA) is 84.9 Å². The average molecular weight is 421 g/mol. The standard InChI is InChI=1S/C21H28N2O5S/c1-14(2)28-18-10-8-17(9-11-18)22-21(24)16(4)23(29(6,25)26)19-13-15(3)7-12-20(19)27-5/h7-14,16H,1-6H3,(H,22,24)/t16-/m1/s1. The molecule has 158 valence electrons. The molecule has 0 fully saturated rings. The number of carbonyl (C=O) groups is 1. The van der Waals surface area contributed by atoms with Crippen molar-refractivity contribution in [3.63, 3.8) is 0 Å². The Morgan fingerprint density at radius 2 is 1.69 bits per heavy atom. The van der Waals surface area contributed by atoms with Gasteiger partial charge in [0.2, 0.25) is 15.9 Å². The molecule has 0 aliphatic heterocycles. The maximum absolute atomic E-state index is 12.8. The number of nitrogens with zero attached hydrogens (tertiary/aromatic N) is 1. The molecule has 1 atom stereocenters. The minimum Gasteiger partial charge on any atom is -0.495 e. The summed E-state index contributed by atoms with van der Waals surface area (Å²) in [6.07, 6.45) is 1.11. The molecule has 1 N–H and O–H groups in total. The summed E-state index contributed by atoms with van der Waals surface area (Å²) < 4.78 is 37.0. The minimum absolute atomic E-state index is 0.0445. The molecule has 2 aromatic rings. The highest BCUT2D eigenvalue weighted by Crippen LogP contribution is 2.33. The first-order chi connectivity index (χ1) is 13.5. The number of sulfonamides is 1. The van der Waals surface area contributed by atoms with E-state index < -0.39 is 22.0 Å². The molecule has 0 bridgehead atoms. The number of amides is 1. The predicted octanol–water partition coefficient (Wildman–Crippen LogP) is 3.58. The summed E-state index contributed by atoms with van der Waals surface area (Å²) in [5.41, 5.74) is 1.71. The van der Waals surface area contributed by atoms with Crippen LogP contribution in [0.15, 0.2) is 42.5 Å². The normalized spacial score (nSPS) is 12.4. The SMILES string of the molecule is COc1ccc(C)cc1N([C@H](C)C(=O)Nc1ccc(OC(C)C)cc1)S(C)(=O)=O. The molecule has 8 heteroatoms. The van der Waals surface area contributed by atoms with Crippen molar-refractivity contribution >= 4 is 27.3 Å². The molecule has 2 aromatic carbocycles. The number of hydrogen-bond donors (Lipinski definition) is 1. The van der Waals surface area contributed by atoms with Gasteiger partial charge in [-0.3, -0.25) is 9.10 Å². The zero-order chi connectivity index (χ0) is 21.8. The Labute approximate surface area is 172 Å². The van der Waals surface area contributed by atoms with E-state index >= 15 is 0 Å². The summed E-state index contributed by atoms with van der Waals surface area (Å²) in [6.45, 7) is 7.23. The van der Waals surface area contributed by atoms with Crippen LogP contribution in [0.2, 0.25) is 0 Å². The zero-order valence-electron chi connectivity index (χ0n) is 17.6. The number of hydrogen-bond acceptors (Lipinski definition) is 5. The molecule has 29 heavy (non-hydrogen) atoms. The van der Waals surface area contributed by atoms with E-state index in [0.717, 1.165) is 16.1 Å².